The highest BCUT2D eigenvalue weighted by molar-refractivity contribution is 7.17. The molecule has 4 rings (SSSR count). The number of urea groups is 1. The van der Waals surface area contributed by atoms with Gasteiger partial charge in [-0.2, -0.15) is 5.01 Å². The highest BCUT2D eigenvalue weighted by Crippen LogP contribution is 2.35. The van der Waals surface area contributed by atoms with E-state index in [0.29, 0.717) is 39.3 Å². The maximum atomic E-state index is 12.8. The molecule has 0 unspecified atom stereocenters. The zero-order valence-corrected chi connectivity index (χ0v) is 18.7. The molecule has 2 fully saturated rings. The molecule has 2 aliphatic rings. The first-order valence-electron chi connectivity index (χ1n) is 10.5. The van der Waals surface area contributed by atoms with Crippen molar-refractivity contribution in [3.63, 3.8) is 0 Å². The molecule has 0 bridgehead atoms. The number of hydrazine groups is 1. The quantitative estimate of drug-likeness (QED) is 0.528. The zero-order chi connectivity index (χ0) is 22.9. The molecule has 32 heavy (non-hydrogen) atoms. The summed E-state index contributed by atoms with van der Waals surface area (Å²) in [6.45, 7) is 3.17. The summed E-state index contributed by atoms with van der Waals surface area (Å²) in [4.78, 5) is 54.5. The number of hydrogen-bond donors (Lipinski definition) is 2. The van der Waals surface area contributed by atoms with Gasteiger partial charge >= 0.3 is 12.0 Å². The lowest BCUT2D eigenvalue weighted by Crippen LogP contribution is -2.52. The van der Waals surface area contributed by atoms with Crippen molar-refractivity contribution in [3.05, 3.63) is 40.9 Å². The van der Waals surface area contributed by atoms with Crippen LogP contribution in [-0.4, -0.2) is 46.0 Å². The topological polar surface area (TPSA) is 118 Å². The number of amides is 4. The van der Waals surface area contributed by atoms with Crippen molar-refractivity contribution in [1.29, 1.82) is 0 Å². The summed E-state index contributed by atoms with van der Waals surface area (Å²) in [6.07, 6.45) is 2.72. The largest absolute Gasteiger partial charge is 0.451 e. The van der Waals surface area contributed by atoms with Gasteiger partial charge in [-0.1, -0.05) is 37.3 Å². The van der Waals surface area contributed by atoms with Crippen LogP contribution >= 0.6 is 11.3 Å². The Hall–Kier alpha value is -3.27. The van der Waals surface area contributed by atoms with Gasteiger partial charge in [0.05, 0.1) is 5.69 Å². The lowest BCUT2D eigenvalue weighted by molar-refractivity contribution is -0.141. The minimum atomic E-state index is -0.957. The molecule has 1 spiro atoms. The summed E-state index contributed by atoms with van der Waals surface area (Å²) < 4.78 is 5.10. The Morgan fingerprint density at radius 3 is 2.62 bits per heavy atom. The van der Waals surface area contributed by atoms with Crippen molar-refractivity contribution in [1.82, 2.24) is 20.7 Å². The van der Waals surface area contributed by atoms with E-state index in [1.807, 2.05) is 30.3 Å². The standard InChI is InChI=1S/C22H24N4O5S/c1-13-8-10-22(11-9-13)20(29)26(21(30)24-22)25-16(27)12-31-19(28)17-14(2)23-18(32-17)15-6-4-3-5-7-15/h3-7,13H,8-12H2,1-2H3,(H,24,30)(H,25,27). The van der Waals surface area contributed by atoms with E-state index in [-0.39, 0.29) is 0 Å². The van der Waals surface area contributed by atoms with Gasteiger partial charge in [-0.3, -0.25) is 15.0 Å². The highest BCUT2D eigenvalue weighted by atomic mass is 32.1. The highest BCUT2D eigenvalue weighted by Gasteiger charge is 2.52. The van der Waals surface area contributed by atoms with Crippen molar-refractivity contribution in [2.75, 3.05) is 6.61 Å². The molecule has 10 heteroatoms. The summed E-state index contributed by atoms with van der Waals surface area (Å²) in [5, 5.41) is 4.08. The van der Waals surface area contributed by atoms with Crippen molar-refractivity contribution < 1.29 is 23.9 Å². The molecule has 1 aromatic heterocycles. The Morgan fingerprint density at radius 1 is 1.25 bits per heavy atom. The van der Waals surface area contributed by atoms with E-state index < -0.39 is 36.0 Å². The number of nitrogens with one attached hydrogen (secondary N) is 2. The number of thiazole rings is 1. The average molecular weight is 457 g/mol. The van der Waals surface area contributed by atoms with Crippen LogP contribution in [-0.2, 0) is 14.3 Å². The van der Waals surface area contributed by atoms with E-state index in [4.69, 9.17) is 4.74 Å². The molecule has 168 valence electrons. The number of nitrogens with zero attached hydrogens (tertiary/aromatic N) is 2. The second-order valence-corrected chi connectivity index (χ2v) is 9.25. The molecule has 2 aromatic rings. The van der Waals surface area contributed by atoms with E-state index in [9.17, 15) is 19.2 Å². The van der Waals surface area contributed by atoms with Crippen LogP contribution in [0.15, 0.2) is 30.3 Å². The van der Waals surface area contributed by atoms with E-state index in [1.165, 1.54) is 11.3 Å². The number of carbonyl (C=O) groups is 4. The van der Waals surface area contributed by atoms with Crippen molar-refractivity contribution >= 4 is 35.2 Å². The molecule has 2 heterocycles. The lowest BCUT2D eigenvalue weighted by Gasteiger charge is -2.33. The fourth-order valence-electron chi connectivity index (χ4n) is 3.96. The molecule has 1 aliphatic heterocycles. The summed E-state index contributed by atoms with van der Waals surface area (Å²) in [6, 6.07) is 8.75. The number of carbonyl (C=O) groups excluding carboxylic acids is 4. The van der Waals surface area contributed by atoms with Gasteiger partial charge in [-0.05, 0) is 38.5 Å². The third-order valence-corrected chi connectivity index (χ3v) is 7.05. The van der Waals surface area contributed by atoms with Gasteiger partial charge in [0.1, 0.15) is 15.4 Å². The number of ether oxygens (including phenoxy) is 1. The smallest absolute Gasteiger partial charge is 0.350 e. The number of aryl methyl sites for hydroxylation is 1. The van der Waals surface area contributed by atoms with Crippen LogP contribution < -0.4 is 10.7 Å². The summed E-state index contributed by atoms with van der Waals surface area (Å²) in [5.41, 5.74) is 2.68. The molecule has 1 saturated heterocycles. The SMILES string of the molecule is Cc1nc(-c2ccccc2)sc1C(=O)OCC(=O)NN1C(=O)NC2(CCC(C)CC2)C1=O. The second-order valence-electron chi connectivity index (χ2n) is 8.25. The van der Waals surface area contributed by atoms with Crippen molar-refractivity contribution in [2.24, 2.45) is 5.92 Å². The van der Waals surface area contributed by atoms with Crippen LogP contribution in [0.4, 0.5) is 4.79 Å². The monoisotopic (exact) mass is 456 g/mol. The van der Waals surface area contributed by atoms with Gasteiger partial charge in [0, 0.05) is 5.56 Å². The number of rotatable bonds is 5. The summed E-state index contributed by atoms with van der Waals surface area (Å²) >= 11 is 1.17. The van der Waals surface area contributed by atoms with Crippen LogP contribution in [0, 0.1) is 12.8 Å². The molecule has 9 nitrogen and oxygen atoms in total. The van der Waals surface area contributed by atoms with Crippen LogP contribution in [0.3, 0.4) is 0 Å². The Labute approximate surface area is 189 Å². The van der Waals surface area contributed by atoms with Gasteiger partial charge in [-0.25, -0.2) is 14.6 Å². The molecule has 1 saturated carbocycles. The molecule has 4 amide bonds. The predicted octanol–water partition coefficient (Wildman–Crippen LogP) is 2.81. The lowest BCUT2D eigenvalue weighted by atomic mass is 9.77. The van der Waals surface area contributed by atoms with Crippen molar-refractivity contribution in [3.8, 4) is 10.6 Å². The van der Waals surface area contributed by atoms with Gasteiger partial charge in [-0.15, -0.1) is 11.3 Å². The van der Waals surface area contributed by atoms with Crippen LogP contribution in [0.2, 0.25) is 0 Å². The zero-order valence-electron chi connectivity index (χ0n) is 17.8. The normalized spacial score (nSPS) is 22.7. The Balaban J connectivity index is 1.34. The number of imide groups is 1. The predicted molar refractivity (Wildman–Crippen MR) is 116 cm³/mol. The summed E-state index contributed by atoms with van der Waals surface area (Å²) in [7, 11) is 0. The van der Waals surface area contributed by atoms with Gasteiger partial charge in [0.15, 0.2) is 6.61 Å². The molecule has 2 N–H and O–H groups in total. The minimum Gasteiger partial charge on any atom is -0.451 e. The number of benzene rings is 1. The van der Waals surface area contributed by atoms with Gasteiger partial charge in [0.2, 0.25) is 0 Å². The Morgan fingerprint density at radius 2 is 1.94 bits per heavy atom. The fourth-order valence-corrected chi connectivity index (χ4v) is 4.92. The van der Waals surface area contributed by atoms with Crippen LogP contribution in [0.5, 0.6) is 0 Å². The van der Waals surface area contributed by atoms with E-state index in [0.717, 1.165) is 18.4 Å². The summed E-state index contributed by atoms with van der Waals surface area (Å²) in [5.74, 6) is -1.44. The third kappa shape index (κ3) is 4.22. The van der Waals surface area contributed by atoms with Gasteiger partial charge in [0.25, 0.3) is 11.8 Å². The number of aromatic nitrogens is 1. The van der Waals surface area contributed by atoms with Crippen molar-refractivity contribution in [2.45, 2.75) is 45.1 Å². The molecule has 1 aromatic carbocycles. The van der Waals surface area contributed by atoms with E-state index >= 15 is 0 Å². The average Bonchev–Trinajstić information content (AvgIpc) is 3.28. The molecular weight excluding hydrogens is 432 g/mol. The molecule has 1 aliphatic carbocycles. The number of hydrogen-bond acceptors (Lipinski definition) is 7. The second kappa shape index (κ2) is 8.70. The first-order chi connectivity index (χ1) is 15.3. The molecule has 0 radical (unpaired) electrons. The Bertz CT molecular complexity index is 1060. The first kappa shape index (κ1) is 21.9. The maximum absolute atomic E-state index is 12.8. The van der Waals surface area contributed by atoms with Gasteiger partial charge < -0.3 is 10.1 Å². The van der Waals surface area contributed by atoms with E-state index in [1.54, 1.807) is 6.92 Å². The van der Waals surface area contributed by atoms with Crippen LogP contribution in [0.1, 0.15) is 48.0 Å². The first-order valence-corrected chi connectivity index (χ1v) is 11.3. The Kier molecular flexibility index (Phi) is 5.96. The third-order valence-electron chi connectivity index (χ3n) is 5.86. The maximum Gasteiger partial charge on any atom is 0.350 e. The van der Waals surface area contributed by atoms with E-state index in [2.05, 4.69) is 22.7 Å². The van der Waals surface area contributed by atoms with Crippen LogP contribution in [0.25, 0.3) is 10.6 Å². The molecule has 0 atom stereocenters. The fraction of sp³-hybridized carbons (Fsp3) is 0.409. The molecular formula is C22H24N4O5S. The number of esters is 1. The minimum absolute atomic E-state index is 0.293.